The number of amides is 1. The third-order valence-corrected chi connectivity index (χ3v) is 2.95. The molecule has 0 spiro atoms. The molecule has 1 N–H and O–H groups in total. The normalized spacial score (nSPS) is 12.3. The average Bonchev–Trinajstić information content (AvgIpc) is 2.31. The minimum atomic E-state index is -0.602. The van der Waals surface area contributed by atoms with Gasteiger partial charge >= 0.3 is 0 Å². The first kappa shape index (κ1) is 15.2. The van der Waals surface area contributed by atoms with Gasteiger partial charge in [0.05, 0.1) is 6.07 Å². The van der Waals surface area contributed by atoms with Crippen LogP contribution in [0.4, 0.5) is 5.69 Å². The van der Waals surface area contributed by atoms with Crippen LogP contribution in [-0.2, 0) is 11.2 Å². The molecule has 0 saturated heterocycles. The van der Waals surface area contributed by atoms with Crippen molar-refractivity contribution in [2.24, 2.45) is 17.8 Å². The number of carbonyl (C=O) groups excluding carboxylic acids is 1. The lowest BCUT2D eigenvalue weighted by Crippen LogP contribution is -2.25. The maximum absolute atomic E-state index is 11.9. The Kier molecular flexibility index (Phi) is 5.57. The van der Waals surface area contributed by atoms with E-state index in [4.69, 9.17) is 5.26 Å². The molecule has 0 aliphatic rings. The van der Waals surface area contributed by atoms with Gasteiger partial charge in [-0.2, -0.15) is 5.26 Å². The fourth-order valence-electron chi connectivity index (χ4n) is 1.93. The van der Waals surface area contributed by atoms with Gasteiger partial charge in [0.25, 0.3) is 0 Å². The van der Waals surface area contributed by atoms with Crippen molar-refractivity contribution in [3.63, 3.8) is 0 Å². The third kappa shape index (κ3) is 4.75. The van der Waals surface area contributed by atoms with E-state index in [1.165, 1.54) is 5.56 Å². The molecule has 1 atom stereocenters. The number of hydrogen-bond donors (Lipinski definition) is 1. The van der Waals surface area contributed by atoms with Gasteiger partial charge in [-0.15, -0.1) is 0 Å². The molecule has 0 heterocycles. The van der Waals surface area contributed by atoms with Crippen LogP contribution in [-0.4, -0.2) is 5.91 Å². The predicted molar refractivity (Wildman–Crippen MR) is 77.6 cm³/mol. The molecule has 102 valence electrons. The lowest BCUT2D eigenvalue weighted by molar-refractivity contribution is -0.119. The molecule has 1 aromatic carbocycles. The molecule has 3 heteroatoms. The smallest absolute Gasteiger partial charge is 0.241 e. The van der Waals surface area contributed by atoms with Crippen LogP contribution in [0.3, 0.4) is 0 Å². The lowest BCUT2D eigenvalue weighted by Gasteiger charge is -2.13. The molecule has 1 unspecified atom stereocenters. The molecule has 3 nitrogen and oxygen atoms in total. The summed E-state index contributed by atoms with van der Waals surface area (Å²) in [7, 11) is 0. The molecule has 0 aliphatic heterocycles. The van der Waals surface area contributed by atoms with Gasteiger partial charge < -0.3 is 5.32 Å². The largest absolute Gasteiger partial charge is 0.325 e. The zero-order chi connectivity index (χ0) is 14.4. The number of hydrogen-bond acceptors (Lipinski definition) is 2. The topological polar surface area (TPSA) is 52.9 Å². The first-order valence-corrected chi connectivity index (χ1v) is 6.73. The van der Waals surface area contributed by atoms with E-state index in [1.807, 2.05) is 44.2 Å². The highest BCUT2D eigenvalue weighted by Gasteiger charge is 2.21. The van der Waals surface area contributed by atoms with Gasteiger partial charge in [-0.3, -0.25) is 4.79 Å². The SMILES string of the molecule is CC(C)Cc1ccc(NC(=O)C(C#N)C(C)C)cc1. The molecule has 0 radical (unpaired) electrons. The second-order valence-electron chi connectivity index (χ2n) is 5.63. The summed E-state index contributed by atoms with van der Waals surface area (Å²) in [5, 5.41) is 11.8. The third-order valence-electron chi connectivity index (χ3n) is 2.95. The Morgan fingerprint density at radius 2 is 1.79 bits per heavy atom. The van der Waals surface area contributed by atoms with Gasteiger partial charge in [-0.1, -0.05) is 39.8 Å². The fourth-order valence-corrected chi connectivity index (χ4v) is 1.93. The summed E-state index contributed by atoms with van der Waals surface area (Å²) in [6, 6.07) is 9.87. The van der Waals surface area contributed by atoms with E-state index >= 15 is 0 Å². The van der Waals surface area contributed by atoms with Crippen LogP contribution in [0.1, 0.15) is 33.3 Å². The average molecular weight is 258 g/mol. The summed E-state index contributed by atoms with van der Waals surface area (Å²) in [5.41, 5.74) is 2.01. The number of rotatable bonds is 5. The van der Waals surface area contributed by atoms with Crippen LogP contribution >= 0.6 is 0 Å². The molecule has 0 aliphatic carbocycles. The van der Waals surface area contributed by atoms with Gasteiger partial charge in [0, 0.05) is 5.69 Å². The van der Waals surface area contributed by atoms with E-state index < -0.39 is 5.92 Å². The zero-order valence-corrected chi connectivity index (χ0v) is 12.1. The second-order valence-corrected chi connectivity index (χ2v) is 5.63. The van der Waals surface area contributed by atoms with Crippen LogP contribution in [0.15, 0.2) is 24.3 Å². The quantitative estimate of drug-likeness (QED) is 0.877. The van der Waals surface area contributed by atoms with Crippen molar-refractivity contribution < 1.29 is 4.79 Å². The fraction of sp³-hybridized carbons (Fsp3) is 0.500. The molecule has 0 bridgehead atoms. The monoisotopic (exact) mass is 258 g/mol. The van der Waals surface area contributed by atoms with Crippen molar-refractivity contribution in [1.29, 1.82) is 5.26 Å². The van der Waals surface area contributed by atoms with Crippen molar-refractivity contribution in [3.05, 3.63) is 29.8 Å². The van der Waals surface area contributed by atoms with Crippen molar-refractivity contribution in [1.82, 2.24) is 0 Å². The Balaban J connectivity index is 2.68. The summed E-state index contributed by atoms with van der Waals surface area (Å²) < 4.78 is 0. The standard InChI is InChI=1S/C16H22N2O/c1-11(2)9-13-5-7-14(8-6-13)18-16(19)15(10-17)12(3)4/h5-8,11-12,15H,9H2,1-4H3,(H,18,19). The van der Waals surface area contributed by atoms with E-state index in [0.29, 0.717) is 5.92 Å². The van der Waals surface area contributed by atoms with Crippen molar-refractivity contribution in [3.8, 4) is 6.07 Å². The Morgan fingerprint density at radius 3 is 2.21 bits per heavy atom. The molecule has 0 fully saturated rings. The van der Waals surface area contributed by atoms with Crippen LogP contribution in [0.25, 0.3) is 0 Å². The number of carbonyl (C=O) groups is 1. The van der Waals surface area contributed by atoms with Gasteiger partial charge in [0.2, 0.25) is 5.91 Å². The molecule has 1 rings (SSSR count). The van der Waals surface area contributed by atoms with E-state index in [2.05, 4.69) is 19.2 Å². The molecular weight excluding hydrogens is 236 g/mol. The summed E-state index contributed by atoms with van der Waals surface area (Å²) in [6.45, 7) is 8.10. The van der Waals surface area contributed by atoms with E-state index in [9.17, 15) is 4.79 Å². The van der Waals surface area contributed by atoms with Crippen LogP contribution in [0, 0.1) is 29.1 Å². The summed E-state index contributed by atoms with van der Waals surface area (Å²) in [4.78, 5) is 11.9. The van der Waals surface area contributed by atoms with Gasteiger partial charge in [-0.05, 0) is 36.0 Å². The lowest BCUT2D eigenvalue weighted by atomic mass is 9.96. The summed E-state index contributed by atoms with van der Waals surface area (Å²) >= 11 is 0. The number of benzene rings is 1. The van der Waals surface area contributed by atoms with Gasteiger partial charge in [0.15, 0.2) is 0 Å². The number of anilines is 1. The van der Waals surface area contributed by atoms with Crippen molar-refractivity contribution >= 4 is 11.6 Å². The first-order valence-electron chi connectivity index (χ1n) is 6.73. The number of nitriles is 1. The maximum Gasteiger partial charge on any atom is 0.241 e. The second kappa shape index (κ2) is 6.94. The number of nitrogens with zero attached hydrogens (tertiary/aromatic N) is 1. The predicted octanol–water partition coefficient (Wildman–Crippen LogP) is 3.62. The van der Waals surface area contributed by atoms with Crippen molar-refractivity contribution in [2.45, 2.75) is 34.1 Å². The Labute approximate surface area is 115 Å². The van der Waals surface area contributed by atoms with Crippen LogP contribution in [0.2, 0.25) is 0 Å². The molecule has 1 aromatic rings. The Bertz CT molecular complexity index is 455. The highest BCUT2D eigenvalue weighted by molar-refractivity contribution is 5.94. The van der Waals surface area contributed by atoms with Gasteiger partial charge in [-0.25, -0.2) is 0 Å². The van der Waals surface area contributed by atoms with Crippen LogP contribution < -0.4 is 5.32 Å². The molecule has 0 saturated carbocycles. The summed E-state index contributed by atoms with van der Waals surface area (Å²) in [6.07, 6.45) is 1.03. The van der Waals surface area contributed by atoms with Gasteiger partial charge in [0.1, 0.15) is 5.92 Å². The highest BCUT2D eigenvalue weighted by atomic mass is 16.1. The Morgan fingerprint density at radius 1 is 1.21 bits per heavy atom. The molecule has 0 aromatic heterocycles. The summed E-state index contributed by atoms with van der Waals surface area (Å²) in [5.74, 6) is -0.195. The molecular formula is C16H22N2O. The Hall–Kier alpha value is -1.82. The molecule has 1 amide bonds. The number of nitrogens with one attached hydrogen (secondary N) is 1. The minimum Gasteiger partial charge on any atom is -0.325 e. The zero-order valence-electron chi connectivity index (χ0n) is 12.1. The molecule has 19 heavy (non-hydrogen) atoms. The van der Waals surface area contributed by atoms with Crippen LogP contribution in [0.5, 0.6) is 0 Å². The highest BCUT2D eigenvalue weighted by Crippen LogP contribution is 2.16. The van der Waals surface area contributed by atoms with E-state index in [1.54, 1.807) is 0 Å². The minimum absolute atomic E-state index is 0.0187. The first-order chi connectivity index (χ1) is 8.93. The van der Waals surface area contributed by atoms with E-state index in [0.717, 1.165) is 12.1 Å². The van der Waals surface area contributed by atoms with E-state index in [-0.39, 0.29) is 11.8 Å². The van der Waals surface area contributed by atoms with Crippen molar-refractivity contribution in [2.75, 3.05) is 5.32 Å². The maximum atomic E-state index is 11.9.